The first-order valence-electron chi connectivity index (χ1n) is 9.96. The molecule has 4 aromatic rings. The zero-order valence-corrected chi connectivity index (χ0v) is 16.9. The molecule has 0 amide bonds. The van der Waals surface area contributed by atoms with E-state index in [4.69, 9.17) is 0 Å². The van der Waals surface area contributed by atoms with Gasteiger partial charge in [0.15, 0.2) is 0 Å². The summed E-state index contributed by atoms with van der Waals surface area (Å²) in [5.41, 5.74) is 8.44. The first-order chi connectivity index (χ1) is 14.2. The summed E-state index contributed by atoms with van der Waals surface area (Å²) >= 11 is 0. The quantitative estimate of drug-likeness (QED) is 0.348. The fourth-order valence-electron chi connectivity index (χ4n) is 3.63. The van der Waals surface area contributed by atoms with Gasteiger partial charge in [0.1, 0.15) is 0 Å². The molecule has 0 spiro atoms. The Balaban J connectivity index is 1.93. The lowest BCUT2D eigenvalue weighted by Gasteiger charge is -2.25. The van der Waals surface area contributed by atoms with E-state index in [1.165, 1.54) is 33.5 Å². The van der Waals surface area contributed by atoms with Gasteiger partial charge < -0.3 is 4.90 Å². The Labute approximate surface area is 173 Å². The van der Waals surface area contributed by atoms with Crippen molar-refractivity contribution < 1.29 is 0 Å². The van der Waals surface area contributed by atoms with Crippen LogP contribution in [0.4, 0.5) is 11.4 Å². The Morgan fingerprint density at radius 2 is 1.14 bits per heavy atom. The van der Waals surface area contributed by atoms with Crippen molar-refractivity contribution in [1.82, 2.24) is 0 Å². The third-order valence-electron chi connectivity index (χ3n) is 5.07. The summed E-state index contributed by atoms with van der Waals surface area (Å²) in [6.07, 6.45) is 2.26. The van der Waals surface area contributed by atoms with Crippen molar-refractivity contribution in [2.75, 3.05) is 4.90 Å². The standard InChI is InChI=1S/C28H25N/c1-22-18-19-28(23(2)20-22)29(26-16-10-5-11-17-26)21-27(24-12-6-3-7-13-24)25-14-8-4-9-15-25/h3-21H,1-2H3. The van der Waals surface area contributed by atoms with Crippen LogP contribution >= 0.6 is 0 Å². The molecule has 4 rings (SSSR count). The van der Waals surface area contributed by atoms with E-state index in [9.17, 15) is 0 Å². The van der Waals surface area contributed by atoms with Gasteiger partial charge in [0, 0.05) is 23.1 Å². The van der Waals surface area contributed by atoms with Gasteiger partial charge in [-0.2, -0.15) is 0 Å². The average Bonchev–Trinajstić information content (AvgIpc) is 2.77. The average molecular weight is 376 g/mol. The maximum atomic E-state index is 2.30. The van der Waals surface area contributed by atoms with Crippen LogP contribution in [0.1, 0.15) is 22.3 Å². The number of anilines is 2. The third kappa shape index (κ3) is 4.30. The lowest BCUT2D eigenvalue weighted by molar-refractivity contribution is 1.23. The van der Waals surface area contributed by atoms with Crippen molar-refractivity contribution in [1.29, 1.82) is 0 Å². The molecule has 0 aliphatic rings. The Bertz CT molecular complexity index is 1060. The Kier molecular flexibility index (Phi) is 5.58. The van der Waals surface area contributed by atoms with Crippen LogP contribution in [0.5, 0.6) is 0 Å². The van der Waals surface area contributed by atoms with E-state index in [2.05, 4.69) is 134 Å². The number of hydrogen-bond acceptors (Lipinski definition) is 1. The molecule has 0 aliphatic heterocycles. The highest BCUT2D eigenvalue weighted by molar-refractivity contribution is 5.84. The lowest BCUT2D eigenvalue weighted by atomic mass is 9.98. The fraction of sp³-hybridized carbons (Fsp3) is 0.0714. The van der Waals surface area contributed by atoms with Crippen LogP contribution in [0.15, 0.2) is 115 Å². The van der Waals surface area contributed by atoms with Gasteiger partial charge in [-0.15, -0.1) is 0 Å². The number of hydrogen-bond donors (Lipinski definition) is 0. The molecule has 0 fully saturated rings. The van der Waals surface area contributed by atoms with Gasteiger partial charge in [0.05, 0.1) is 0 Å². The molecule has 4 aromatic carbocycles. The largest absolute Gasteiger partial charge is 0.316 e. The molecule has 0 bridgehead atoms. The molecule has 1 heteroatoms. The molecule has 1 nitrogen and oxygen atoms in total. The minimum absolute atomic E-state index is 1.14. The summed E-state index contributed by atoms with van der Waals surface area (Å²) in [6.45, 7) is 4.32. The molecule has 0 saturated heterocycles. The van der Waals surface area contributed by atoms with E-state index < -0.39 is 0 Å². The highest BCUT2D eigenvalue weighted by Crippen LogP contribution is 2.33. The van der Waals surface area contributed by atoms with Gasteiger partial charge >= 0.3 is 0 Å². The zero-order valence-electron chi connectivity index (χ0n) is 16.9. The van der Waals surface area contributed by atoms with E-state index in [-0.39, 0.29) is 0 Å². The van der Waals surface area contributed by atoms with Crippen LogP contribution in [0.25, 0.3) is 5.57 Å². The van der Waals surface area contributed by atoms with E-state index in [1.54, 1.807) is 0 Å². The van der Waals surface area contributed by atoms with Crippen LogP contribution in [-0.4, -0.2) is 0 Å². The van der Waals surface area contributed by atoms with Gasteiger partial charge in [-0.25, -0.2) is 0 Å². The molecule has 0 radical (unpaired) electrons. The topological polar surface area (TPSA) is 3.24 Å². The van der Waals surface area contributed by atoms with E-state index in [1.807, 2.05) is 0 Å². The maximum Gasteiger partial charge on any atom is 0.0485 e. The zero-order chi connectivity index (χ0) is 20.1. The van der Waals surface area contributed by atoms with Gasteiger partial charge in [0.2, 0.25) is 0 Å². The number of benzene rings is 4. The van der Waals surface area contributed by atoms with Crippen molar-refractivity contribution >= 4 is 16.9 Å². The molecule has 142 valence electrons. The molecule has 29 heavy (non-hydrogen) atoms. The van der Waals surface area contributed by atoms with Crippen LogP contribution in [-0.2, 0) is 0 Å². The van der Waals surface area contributed by atoms with Crippen LogP contribution in [0.2, 0.25) is 0 Å². The van der Waals surface area contributed by atoms with Gasteiger partial charge in [0.25, 0.3) is 0 Å². The van der Waals surface area contributed by atoms with Crippen molar-refractivity contribution in [2.45, 2.75) is 13.8 Å². The van der Waals surface area contributed by atoms with E-state index in [0.717, 1.165) is 5.69 Å². The Morgan fingerprint density at radius 1 is 0.621 bits per heavy atom. The Hall–Kier alpha value is -3.58. The van der Waals surface area contributed by atoms with Crippen molar-refractivity contribution in [3.8, 4) is 0 Å². The molecular weight excluding hydrogens is 350 g/mol. The summed E-state index contributed by atoms with van der Waals surface area (Å²) in [5.74, 6) is 0. The lowest BCUT2D eigenvalue weighted by Crippen LogP contribution is -2.11. The van der Waals surface area contributed by atoms with Crippen molar-refractivity contribution in [2.24, 2.45) is 0 Å². The second kappa shape index (κ2) is 8.62. The van der Waals surface area contributed by atoms with Crippen LogP contribution in [0.3, 0.4) is 0 Å². The highest BCUT2D eigenvalue weighted by Gasteiger charge is 2.13. The summed E-state index contributed by atoms with van der Waals surface area (Å²) in [5, 5.41) is 0. The first kappa shape index (κ1) is 18.8. The smallest absolute Gasteiger partial charge is 0.0485 e. The molecule has 0 aromatic heterocycles. The normalized spacial score (nSPS) is 10.4. The van der Waals surface area contributed by atoms with E-state index in [0.29, 0.717) is 0 Å². The molecule has 0 N–H and O–H groups in total. The molecule has 0 unspecified atom stereocenters. The number of nitrogens with zero attached hydrogens (tertiary/aromatic N) is 1. The number of para-hydroxylation sites is 1. The predicted molar refractivity (Wildman–Crippen MR) is 124 cm³/mol. The number of rotatable bonds is 5. The first-order valence-corrected chi connectivity index (χ1v) is 9.96. The molecule has 0 aliphatic carbocycles. The molecule has 0 atom stereocenters. The molecular formula is C28H25N. The predicted octanol–water partition coefficient (Wildman–Crippen LogP) is 7.53. The number of aryl methyl sites for hydroxylation is 2. The fourth-order valence-corrected chi connectivity index (χ4v) is 3.63. The minimum Gasteiger partial charge on any atom is -0.316 e. The van der Waals surface area contributed by atoms with Crippen molar-refractivity contribution in [3.05, 3.63) is 138 Å². The SMILES string of the molecule is Cc1ccc(N(C=C(c2ccccc2)c2ccccc2)c2ccccc2)c(C)c1. The summed E-state index contributed by atoms with van der Waals surface area (Å²) in [7, 11) is 0. The van der Waals surface area contributed by atoms with E-state index >= 15 is 0 Å². The summed E-state index contributed by atoms with van der Waals surface area (Å²) < 4.78 is 0. The van der Waals surface area contributed by atoms with Crippen molar-refractivity contribution in [3.63, 3.8) is 0 Å². The van der Waals surface area contributed by atoms with Gasteiger partial charge in [-0.3, -0.25) is 0 Å². The van der Waals surface area contributed by atoms with Crippen LogP contribution in [0, 0.1) is 13.8 Å². The highest BCUT2D eigenvalue weighted by atomic mass is 15.1. The maximum absolute atomic E-state index is 2.30. The summed E-state index contributed by atoms with van der Waals surface area (Å²) in [6, 6.07) is 38.4. The monoisotopic (exact) mass is 375 g/mol. The second-order valence-corrected chi connectivity index (χ2v) is 7.27. The third-order valence-corrected chi connectivity index (χ3v) is 5.07. The van der Waals surface area contributed by atoms with Crippen LogP contribution < -0.4 is 4.90 Å². The second-order valence-electron chi connectivity index (χ2n) is 7.27. The summed E-state index contributed by atoms with van der Waals surface area (Å²) in [4.78, 5) is 2.30. The molecule has 0 saturated carbocycles. The Morgan fingerprint density at radius 3 is 1.66 bits per heavy atom. The molecule has 0 heterocycles. The minimum atomic E-state index is 1.14. The van der Waals surface area contributed by atoms with Gasteiger partial charge in [-0.05, 0) is 48.7 Å². The van der Waals surface area contributed by atoms with Gasteiger partial charge in [-0.1, -0.05) is 96.6 Å².